The van der Waals surface area contributed by atoms with Gasteiger partial charge in [0.25, 0.3) is 0 Å². The molecule has 2 N–H and O–H groups in total. The molecule has 2 fully saturated rings. The van der Waals surface area contributed by atoms with Gasteiger partial charge in [-0.3, -0.25) is 9.59 Å². The maximum atomic E-state index is 12.6. The van der Waals surface area contributed by atoms with Crippen molar-refractivity contribution in [1.82, 2.24) is 15.5 Å². The van der Waals surface area contributed by atoms with Crippen molar-refractivity contribution in [1.29, 1.82) is 0 Å². The molecule has 1 aliphatic carbocycles. The zero-order valence-corrected chi connectivity index (χ0v) is 14.5. The summed E-state index contributed by atoms with van der Waals surface area (Å²) in [7, 11) is 0. The summed E-state index contributed by atoms with van der Waals surface area (Å²) in [5, 5.41) is 6.94. The summed E-state index contributed by atoms with van der Waals surface area (Å²) >= 11 is 6.31. The van der Waals surface area contributed by atoms with Crippen LogP contribution in [0.3, 0.4) is 0 Å². The zero-order valence-electron chi connectivity index (χ0n) is 13.8. The summed E-state index contributed by atoms with van der Waals surface area (Å²) in [4.78, 5) is 26.1. The monoisotopic (exact) mass is 349 g/mol. The fourth-order valence-corrected chi connectivity index (χ4v) is 3.37. The molecular formula is C18H24ClN3O2. The van der Waals surface area contributed by atoms with Gasteiger partial charge in [0.1, 0.15) is 0 Å². The number of hydrogen-bond donors (Lipinski definition) is 2. The Labute approximate surface area is 147 Å². The molecule has 1 saturated heterocycles. The molecule has 1 aromatic carbocycles. The number of hydrogen-bond acceptors (Lipinski definition) is 3. The van der Waals surface area contributed by atoms with E-state index >= 15 is 0 Å². The van der Waals surface area contributed by atoms with Crippen LogP contribution in [0.15, 0.2) is 24.3 Å². The predicted molar refractivity (Wildman–Crippen MR) is 93.7 cm³/mol. The second-order valence-corrected chi connectivity index (χ2v) is 6.90. The molecule has 1 saturated carbocycles. The van der Waals surface area contributed by atoms with Crippen LogP contribution in [-0.2, 0) is 9.59 Å². The van der Waals surface area contributed by atoms with E-state index in [1.54, 1.807) is 0 Å². The van der Waals surface area contributed by atoms with E-state index in [9.17, 15) is 9.59 Å². The molecule has 1 unspecified atom stereocenters. The summed E-state index contributed by atoms with van der Waals surface area (Å²) in [5.41, 5.74) is 0.988. The highest BCUT2D eigenvalue weighted by Gasteiger charge is 2.30. The summed E-state index contributed by atoms with van der Waals surface area (Å²) in [5.74, 6) is 0.485. The van der Waals surface area contributed by atoms with Crippen LogP contribution in [-0.4, -0.2) is 42.9 Å². The average molecular weight is 350 g/mol. The Morgan fingerprint density at radius 2 is 2.08 bits per heavy atom. The highest BCUT2D eigenvalue weighted by Crippen LogP contribution is 2.29. The van der Waals surface area contributed by atoms with E-state index in [4.69, 9.17) is 11.6 Å². The minimum absolute atomic E-state index is 0.0268. The molecule has 0 bridgehead atoms. The van der Waals surface area contributed by atoms with Gasteiger partial charge in [-0.05, 0) is 30.9 Å². The first-order valence-electron chi connectivity index (χ1n) is 8.69. The topological polar surface area (TPSA) is 61.4 Å². The average Bonchev–Trinajstić information content (AvgIpc) is 3.44. The molecule has 1 aliphatic heterocycles. The molecule has 2 aliphatic rings. The Morgan fingerprint density at radius 3 is 2.83 bits per heavy atom. The van der Waals surface area contributed by atoms with E-state index in [1.165, 1.54) is 0 Å². The molecule has 5 nitrogen and oxygen atoms in total. The first kappa shape index (κ1) is 17.2. The van der Waals surface area contributed by atoms with E-state index in [2.05, 4.69) is 10.6 Å². The standard InChI is InChI=1S/C18H24ClN3O2/c19-15-5-2-1-4-14(15)16-12-20-10-11-22(16)17(23)6-3-9-21-18(24)13-7-8-13/h1-2,4-5,13,16,20H,3,6-12H2,(H,21,24). The molecule has 24 heavy (non-hydrogen) atoms. The van der Waals surface area contributed by atoms with Crippen molar-refractivity contribution >= 4 is 23.4 Å². The predicted octanol–water partition coefficient (Wildman–Crippen LogP) is 2.12. The fourth-order valence-electron chi connectivity index (χ4n) is 3.11. The van der Waals surface area contributed by atoms with Crippen LogP contribution in [0.1, 0.15) is 37.3 Å². The van der Waals surface area contributed by atoms with Crippen molar-refractivity contribution in [3.05, 3.63) is 34.9 Å². The fraction of sp³-hybridized carbons (Fsp3) is 0.556. The van der Waals surface area contributed by atoms with Gasteiger partial charge in [-0.15, -0.1) is 0 Å². The van der Waals surface area contributed by atoms with E-state index < -0.39 is 0 Å². The minimum atomic E-state index is -0.0268. The Balaban J connectivity index is 1.53. The Morgan fingerprint density at radius 1 is 1.29 bits per heavy atom. The molecule has 0 spiro atoms. The Kier molecular flexibility index (Phi) is 5.74. The van der Waals surface area contributed by atoms with Crippen molar-refractivity contribution in [2.45, 2.75) is 31.7 Å². The normalized spacial score (nSPS) is 20.7. The van der Waals surface area contributed by atoms with E-state index in [0.29, 0.717) is 37.5 Å². The van der Waals surface area contributed by atoms with Crippen LogP contribution in [0.5, 0.6) is 0 Å². The van der Waals surface area contributed by atoms with Crippen molar-refractivity contribution in [3.8, 4) is 0 Å². The maximum absolute atomic E-state index is 12.6. The summed E-state index contributed by atoms with van der Waals surface area (Å²) in [6.45, 7) is 2.77. The van der Waals surface area contributed by atoms with Crippen LogP contribution in [0.2, 0.25) is 5.02 Å². The van der Waals surface area contributed by atoms with Crippen molar-refractivity contribution in [3.63, 3.8) is 0 Å². The third-order valence-electron chi connectivity index (χ3n) is 4.64. The SMILES string of the molecule is O=C(NCCCC(=O)N1CCNCC1c1ccccc1Cl)C1CC1. The second-order valence-electron chi connectivity index (χ2n) is 6.50. The molecule has 1 atom stereocenters. The van der Waals surface area contributed by atoms with Crippen molar-refractivity contribution < 1.29 is 9.59 Å². The molecule has 2 amide bonds. The molecule has 3 rings (SSSR count). The Bertz CT molecular complexity index is 604. The molecular weight excluding hydrogens is 326 g/mol. The van der Waals surface area contributed by atoms with Gasteiger partial charge in [-0.25, -0.2) is 0 Å². The van der Waals surface area contributed by atoms with Crippen LogP contribution in [0, 0.1) is 5.92 Å². The van der Waals surface area contributed by atoms with Crippen molar-refractivity contribution in [2.24, 2.45) is 5.92 Å². The summed E-state index contributed by atoms with van der Waals surface area (Å²) in [6.07, 6.45) is 3.14. The number of benzene rings is 1. The van der Waals surface area contributed by atoms with E-state index in [1.807, 2.05) is 29.2 Å². The number of amides is 2. The van der Waals surface area contributed by atoms with Gasteiger partial charge in [0, 0.05) is 43.5 Å². The van der Waals surface area contributed by atoms with E-state index in [-0.39, 0.29) is 23.8 Å². The third-order valence-corrected chi connectivity index (χ3v) is 4.99. The quantitative estimate of drug-likeness (QED) is 0.773. The lowest BCUT2D eigenvalue weighted by atomic mass is 10.0. The van der Waals surface area contributed by atoms with Crippen LogP contribution in [0.4, 0.5) is 0 Å². The van der Waals surface area contributed by atoms with Gasteiger partial charge in [0.15, 0.2) is 0 Å². The number of halogens is 1. The van der Waals surface area contributed by atoms with Gasteiger partial charge in [-0.2, -0.15) is 0 Å². The molecule has 1 heterocycles. The van der Waals surface area contributed by atoms with Gasteiger partial charge < -0.3 is 15.5 Å². The van der Waals surface area contributed by atoms with E-state index in [0.717, 1.165) is 24.9 Å². The number of rotatable bonds is 6. The highest BCUT2D eigenvalue weighted by molar-refractivity contribution is 6.31. The smallest absolute Gasteiger partial charge is 0.223 e. The lowest BCUT2D eigenvalue weighted by molar-refractivity contribution is -0.134. The van der Waals surface area contributed by atoms with Gasteiger partial charge in [-0.1, -0.05) is 29.8 Å². The highest BCUT2D eigenvalue weighted by atomic mass is 35.5. The number of carbonyl (C=O) groups is 2. The molecule has 0 radical (unpaired) electrons. The van der Waals surface area contributed by atoms with Crippen LogP contribution < -0.4 is 10.6 Å². The van der Waals surface area contributed by atoms with Gasteiger partial charge >= 0.3 is 0 Å². The third kappa shape index (κ3) is 4.28. The number of nitrogens with zero attached hydrogens (tertiary/aromatic N) is 1. The summed E-state index contributed by atoms with van der Waals surface area (Å²) in [6, 6.07) is 7.67. The first-order chi connectivity index (χ1) is 11.7. The molecule has 1 aromatic rings. The molecule has 130 valence electrons. The zero-order chi connectivity index (χ0) is 16.9. The molecule has 6 heteroatoms. The maximum Gasteiger partial charge on any atom is 0.223 e. The number of nitrogens with one attached hydrogen (secondary N) is 2. The van der Waals surface area contributed by atoms with Crippen molar-refractivity contribution in [2.75, 3.05) is 26.2 Å². The molecule has 0 aromatic heterocycles. The largest absolute Gasteiger partial charge is 0.356 e. The number of piperazine rings is 1. The van der Waals surface area contributed by atoms with Crippen LogP contribution in [0.25, 0.3) is 0 Å². The first-order valence-corrected chi connectivity index (χ1v) is 9.07. The Hall–Kier alpha value is -1.59. The van der Waals surface area contributed by atoms with Gasteiger partial charge in [0.05, 0.1) is 6.04 Å². The minimum Gasteiger partial charge on any atom is -0.356 e. The second kappa shape index (κ2) is 7.99. The van der Waals surface area contributed by atoms with Gasteiger partial charge in [0.2, 0.25) is 11.8 Å². The lowest BCUT2D eigenvalue weighted by Crippen LogP contribution is -2.48. The number of carbonyl (C=O) groups excluding carboxylic acids is 2. The van der Waals surface area contributed by atoms with Crippen LogP contribution >= 0.6 is 11.6 Å². The lowest BCUT2D eigenvalue weighted by Gasteiger charge is -2.37. The summed E-state index contributed by atoms with van der Waals surface area (Å²) < 4.78 is 0.